The standard InChI is InChI=1S/C14H16ClFN2O2/c1-7-5-12-11(6-10(7)16)17-13(8(2)15)18(12)9(3)14(19)20-4/h5-6,8-9H,1-4H3. The smallest absolute Gasteiger partial charge is 0.328 e. The summed E-state index contributed by atoms with van der Waals surface area (Å²) in [6.07, 6.45) is 0. The zero-order valence-electron chi connectivity index (χ0n) is 11.8. The summed E-state index contributed by atoms with van der Waals surface area (Å²) in [6, 6.07) is 2.44. The minimum absolute atomic E-state index is 0.332. The second-order valence-corrected chi connectivity index (χ2v) is 5.40. The Bertz CT molecular complexity index is 667. The highest BCUT2D eigenvalue weighted by molar-refractivity contribution is 6.20. The maximum Gasteiger partial charge on any atom is 0.328 e. The third kappa shape index (κ3) is 2.38. The van der Waals surface area contributed by atoms with Crippen LogP contribution in [-0.4, -0.2) is 22.6 Å². The van der Waals surface area contributed by atoms with E-state index in [1.54, 1.807) is 31.4 Å². The van der Waals surface area contributed by atoms with Gasteiger partial charge in [-0.3, -0.25) is 0 Å². The SMILES string of the molecule is COC(=O)C(C)n1c(C(C)Cl)nc2cc(F)c(C)cc21. The van der Waals surface area contributed by atoms with Crippen molar-refractivity contribution in [2.75, 3.05) is 7.11 Å². The molecule has 0 N–H and O–H groups in total. The molecule has 1 aromatic carbocycles. The molecule has 0 fully saturated rings. The van der Waals surface area contributed by atoms with Crippen molar-refractivity contribution in [2.45, 2.75) is 32.2 Å². The van der Waals surface area contributed by atoms with Crippen molar-refractivity contribution in [3.8, 4) is 0 Å². The molecule has 0 aliphatic heterocycles. The van der Waals surface area contributed by atoms with Crippen molar-refractivity contribution in [1.82, 2.24) is 9.55 Å². The van der Waals surface area contributed by atoms with Gasteiger partial charge in [-0.05, 0) is 32.4 Å². The summed E-state index contributed by atoms with van der Waals surface area (Å²) in [5.41, 5.74) is 1.64. The van der Waals surface area contributed by atoms with Gasteiger partial charge in [0.15, 0.2) is 0 Å². The first kappa shape index (κ1) is 14.8. The first-order chi connectivity index (χ1) is 9.36. The van der Waals surface area contributed by atoms with Gasteiger partial charge in [0.2, 0.25) is 0 Å². The number of rotatable bonds is 3. The number of hydrogen-bond donors (Lipinski definition) is 0. The number of imidazole rings is 1. The van der Waals surface area contributed by atoms with E-state index >= 15 is 0 Å². The highest BCUT2D eigenvalue weighted by Gasteiger charge is 2.24. The van der Waals surface area contributed by atoms with Crippen molar-refractivity contribution in [1.29, 1.82) is 0 Å². The van der Waals surface area contributed by atoms with E-state index in [9.17, 15) is 9.18 Å². The van der Waals surface area contributed by atoms with E-state index in [0.29, 0.717) is 22.4 Å². The molecule has 1 heterocycles. The summed E-state index contributed by atoms with van der Waals surface area (Å²) in [4.78, 5) is 16.1. The summed E-state index contributed by atoms with van der Waals surface area (Å²) < 4.78 is 20.1. The molecule has 0 saturated carbocycles. The van der Waals surface area contributed by atoms with E-state index in [1.807, 2.05) is 0 Å². The van der Waals surface area contributed by atoms with Gasteiger partial charge in [0.25, 0.3) is 0 Å². The highest BCUT2D eigenvalue weighted by Crippen LogP contribution is 2.29. The third-order valence-corrected chi connectivity index (χ3v) is 3.48. The molecule has 0 aliphatic rings. The summed E-state index contributed by atoms with van der Waals surface area (Å²) in [5, 5.41) is -0.405. The molecule has 4 nitrogen and oxygen atoms in total. The van der Waals surface area contributed by atoms with Gasteiger partial charge in [-0.1, -0.05) is 0 Å². The van der Waals surface area contributed by atoms with Gasteiger partial charge in [-0.15, -0.1) is 11.6 Å². The molecule has 0 amide bonds. The number of benzene rings is 1. The lowest BCUT2D eigenvalue weighted by Crippen LogP contribution is -2.20. The lowest BCUT2D eigenvalue weighted by Gasteiger charge is -2.16. The zero-order valence-corrected chi connectivity index (χ0v) is 12.5. The monoisotopic (exact) mass is 298 g/mol. The van der Waals surface area contributed by atoms with E-state index in [2.05, 4.69) is 4.98 Å². The van der Waals surface area contributed by atoms with Crippen LogP contribution in [0.25, 0.3) is 11.0 Å². The van der Waals surface area contributed by atoms with Crippen LogP contribution in [0.5, 0.6) is 0 Å². The van der Waals surface area contributed by atoms with E-state index in [4.69, 9.17) is 16.3 Å². The second-order valence-electron chi connectivity index (χ2n) is 4.75. The highest BCUT2D eigenvalue weighted by atomic mass is 35.5. The van der Waals surface area contributed by atoms with Crippen LogP contribution in [-0.2, 0) is 9.53 Å². The number of aryl methyl sites for hydroxylation is 1. The third-order valence-electron chi connectivity index (χ3n) is 3.28. The molecular formula is C14H16ClFN2O2. The quantitative estimate of drug-likeness (QED) is 0.643. The average Bonchev–Trinajstić information content (AvgIpc) is 2.76. The summed E-state index contributed by atoms with van der Waals surface area (Å²) in [5.74, 6) is -0.212. The van der Waals surface area contributed by atoms with Crippen LogP contribution >= 0.6 is 11.6 Å². The average molecular weight is 299 g/mol. The van der Waals surface area contributed by atoms with Gasteiger partial charge in [0.1, 0.15) is 17.7 Å². The molecule has 0 radical (unpaired) electrons. The van der Waals surface area contributed by atoms with Gasteiger partial charge < -0.3 is 9.30 Å². The maximum atomic E-state index is 13.6. The predicted octanol–water partition coefficient (Wildman–Crippen LogP) is 3.52. The summed E-state index contributed by atoms with van der Waals surface area (Å²) in [6.45, 7) is 5.12. The Balaban J connectivity index is 2.74. The molecule has 0 bridgehead atoms. The molecule has 6 heteroatoms. The number of alkyl halides is 1. The number of hydrogen-bond acceptors (Lipinski definition) is 3. The van der Waals surface area contributed by atoms with Crippen molar-refractivity contribution in [2.24, 2.45) is 0 Å². The number of methoxy groups -OCH3 is 1. The van der Waals surface area contributed by atoms with E-state index in [1.165, 1.54) is 13.2 Å². The summed E-state index contributed by atoms with van der Waals surface area (Å²) in [7, 11) is 1.33. The van der Waals surface area contributed by atoms with Crippen LogP contribution in [0, 0.1) is 12.7 Å². The number of aromatic nitrogens is 2. The fourth-order valence-electron chi connectivity index (χ4n) is 2.20. The minimum Gasteiger partial charge on any atom is -0.467 e. The Morgan fingerprint density at radius 1 is 1.45 bits per heavy atom. The van der Waals surface area contributed by atoms with Crippen molar-refractivity contribution in [3.05, 3.63) is 29.3 Å². The molecule has 108 valence electrons. The zero-order chi connectivity index (χ0) is 15.0. The molecule has 20 heavy (non-hydrogen) atoms. The topological polar surface area (TPSA) is 44.1 Å². The van der Waals surface area contributed by atoms with E-state index in [0.717, 1.165) is 0 Å². The van der Waals surface area contributed by atoms with E-state index in [-0.39, 0.29) is 5.82 Å². The first-order valence-electron chi connectivity index (χ1n) is 6.26. The van der Waals surface area contributed by atoms with Gasteiger partial charge in [0.05, 0.1) is 23.5 Å². The van der Waals surface area contributed by atoms with Crippen molar-refractivity contribution in [3.63, 3.8) is 0 Å². The fraction of sp³-hybridized carbons (Fsp3) is 0.429. The molecule has 2 rings (SSSR count). The minimum atomic E-state index is -0.578. The predicted molar refractivity (Wildman–Crippen MR) is 75.4 cm³/mol. The Kier molecular flexibility index (Phi) is 3.99. The molecular weight excluding hydrogens is 283 g/mol. The number of fused-ring (bicyclic) bond motifs is 1. The first-order valence-corrected chi connectivity index (χ1v) is 6.70. The Morgan fingerprint density at radius 3 is 2.65 bits per heavy atom. The molecule has 2 atom stereocenters. The number of ether oxygens (including phenoxy) is 1. The largest absolute Gasteiger partial charge is 0.467 e. The van der Waals surface area contributed by atoms with Crippen LogP contribution < -0.4 is 0 Å². The van der Waals surface area contributed by atoms with Gasteiger partial charge in [-0.25, -0.2) is 14.2 Å². The Hall–Kier alpha value is -1.62. The lowest BCUT2D eigenvalue weighted by molar-refractivity contribution is -0.143. The van der Waals surface area contributed by atoms with Crippen molar-refractivity contribution < 1.29 is 13.9 Å². The molecule has 0 spiro atoms. The number of halogens is 2. The molecule has 2 unspecified atom stereocenters. The van der Waals surface area contributed by atoms with Gasteiger partial charge >= 0.3 is 5.97 Å². The lowest BCUT2D eigenvalue weighted by atomic mass is 10.2. The fourth-order valence-corrected chi connectivity index (χ4v) is 2.36. The molecule has 0 aliphatic carbocycles. The van der Waals surface area contributed by atoms with Gasteiger partial charge in [-0.2, -0.15) is 0 Å². The summed E-state index contributed by atoms with van der Waals surface area (Å²) >= 11 is 6.12. The number of esters is 1. The number of carbonyl (C=O) groups excluding carboxylic acids is 1. The van der Waals surface area contributed by atoms with Crippen molar-refractivity contribution >= 4 is 28.6 Å². The number of nitrogens with zero attached hydrogens (tertiary/aromatic N) is 2. The Morgan fingerprint density at radius 2 is 2.10 bits per heavy atom. The Labute approximate surface area is 121 Å². The molecule has 0 saturated heterocycles. The van der Waals surface area contributed by atoms with Crippen LogP contribution in [0.3, 0.4) is 0 Å². The van der Waals surface area contributed by atoms with Gasteiger partial charge in [0, 0.05) is 6.07 Å². The van der Waals surface area contributed by atoms with Crippen LogP contribution in [0.1, 0.15) is 36.7 Å². The van der Waals surface area contributed by atoms with Crippen LogP contribution in [0.15, 0.2) is 12.1 Å². The maximum absolute atomic E-state index is 13.6. The van der Waals surface area contributed by atoms with Crippen LogP contribution in [0.2, 0.25) is 0 Å². The normalized spacial score (nSPS) is 14.3. The van der Waals surface area contributed by atoms with Crippen LogP contribution in [0.4, 0.5) is 4.39 Å². The second kappa shape index (κ2) is 5.40. The molecule has 1 aromatic heterocycles. The van der Waals surface area contributed by atoms with E-state index < -0.39 is 17.4 Å². The number of carbonyl (C=O) groups is 1. The molecule has 2 aromatic rings.